The summed E-state index contributed by atoms with van der Waals surface area (Å²) in [5.74, 6) is -0.531. The van der Waals surface area contributed by atoms with Gasteiger partial charge in [0.1, 0.15) is 16.9 Å². The molecule has 12 nitrogen and oxygen atoms in total. The van der Waals surface area contributed by atoms with E-state index in [0.29, 0.717) is 17.7 Å². The smallest absolute Gasteiger partial charge is 0.410 e. The highest BCUT2D eigenvalue weighted by molar-refractivity contribution is 7.09. The molecule has 2 aromatic carbocycles. The molecule has 0 bridgehead atoms. The van der Waals surface area contributed by atoms with Gasteiger partial charge in [-0.2, -0.15) is 0 Å². The molecule has 13 heteroatoms. The van der Waals surface area contributed by atoms with Crippen LogP contribution in [0.4, 0.5) is 4.79 Å². The lowest BCUT2D eigenvalue weighted by molar-refractivity contribution is -0.00187. The number of carbonyl (C=O) groups excluding carboxylic acids is 3. The van der Waals surface area contributed by atoms with Crippen LogP contribution in [-0.4, -0.2) is 90.9 Å². The summed E-state index contributed by atoms with van der Waals surface area (Å²) in [4.78, 5) is 53.5. The third-order valence-electron chi connectivity index (χ3n) is 8.93. The molecule has 6 rings (SSSR count). The van der Waals surface area contributed by atoms with Gasteiger partial charge in [0.05, 0.1) is 43.1 Å². The number of hydrogen-bond acceptors (Lipinski definition) is 10. The molecule has 2 aromatic heterocycles. The molecule has 50 heavy (non-hydrogen) atoms. The molecule has 0 spiro atoms. The van der Waals surface area contributed by atoms with Gasteiger partial charge in [-0.05, 0) is 77.1 Å². The molecule has 3 N–H and O–H groups in total. The van der Waals surface area contributed by atoms with Gasteiger partial charge >= 0.3 is 6.09 Å². The Labute approximate surface area is 295 Å². The van der Waals surface area contributed by atoms with E-state index in [4.69, 9.17) is 9.15 Å². The van der Waals surface area contributed by atoms with Crippen molar-refractivity contribution < 1.29 is 33.8 Å². The van der Waals surface area contributed by atoms with Gasteiger partial charge in [0, 0.05) is 34.3 Å². The van der Waals surface area contributed by atoms with Crippen LogP contribution in [0.2, 0.25) is 0 Å². The largest absolute Gasteiger partial charge is 0.445 e. The Kier molecular flexibility index (Phi) is 10.4. The first-order valence-corrected chi connectivity index (χ1v) is 17.7. The van der Waals surface area contributed by atoms with E-state index in [0.717, 1.165) is 29.1 Å². The topological polar surface area (TPSA) is 158 Å². The summed E-state index contributed by atoms with van der Waals surface area (Å²) >= 11 is 1.53. The third-order valence-corrected chi connectivity index (χ3v) is 9.99. The Bertz CT molecular complexity index is 1810. The number of aryl methyl sites for hydroxylation is 1. The van der Waals surface area contributed by atoms with Crippen LogP contribution >= 0.6 is 11.3 Å². The summed E-state index contributed by atoms with van der Waals surface area (Å²) < 4.78 is 11.1. The second-order valence-electron chi connectivity index (χ2n) is 14.0. The molecular formula is C37H43N5O7S. The first kappa shape index (κ1) is 35.2. The fourth-order valence-electron chi connectivity index (χ4n) is 6.67. The predicted octanol–water partition coefficient (Wildman–Crippen LogP) is 5.16. The van der Waals surface area contributed by atoms with Crippen LogP contribution in [0.15, 0.2) is 70.8 Å². The number of likely N-dealkylation sites (tertiary alicyclic amines) is 2. The number of aromatic nitrogens is 2. The van der Waals surface area contributed by atoms with Gasteiger partial charge < -0.3 is 29.6 Å². The van der Waals surface area contributed by atoms with E-state index in [1.54, 1.807) is 43.9 Å². The van der Waals surface area contributed by atoms with E-state index in [1.165, 1.54) is 28.7 Å². The number of nitrogens with zero attached hydrogens (tertiary/aromatic N) is 4. The van der Waals surface area contributed by atoms with Crippen molar-refractivity contribution in [1.82, 2.24) is 25.1 Å². The number of amides is 3. The van der Waals surface area contributed by atoms with Crippen molar-refractivity contribution in [2.45, 2.75) is 89.3 Å². The highest BCUT2D eigenvalue weighted by Crippen LogP contribution is 2.35. The minimum absolute atomic E-state index is 0.00956. The number of ether oxygens (including phenoxy) is 1. The summed E-state index contributed by atoms with van der Waals surface area (Å²) in [6.45, 7) is 7.71. The van der Waals surface area contributed by atoms with Crippen LogP contribution in [0.3, 0.4) is 0 Å². The van der Waals surface area contributed by atoms with Crippen molar-refractivity contribution >= 4 is 29.2 Å². The molecular weight excluding hydrogens is 659 g/mol. The van der Waals surface area contributed by atoms with Crippen molar-refractivity contribution in [3.05, 3.63) is 93.8 Å². The van der Waals surface area contributed by atoms with Gasteiger partial charge in [0.25, 0.3) is 11.8 Å². The first-order valence-electron chi connectivity index (χ1n) is 16.8. The number of benzene rings is 2. The Morgan fingerprint density at radius 3 is 2.56 bits per heavy atom. The number of oxazole rings is 1. The van der Waals surface area contributed by atoms with Crippen LogP contribution in [0.25, 0.3) is 11.5 Å². The maximum atomic E-state index is 14.2. The molecule has 2 aliphatic heterocycles. The van der Waals surface area contributed by atoms with Crippen LogP contribution in [0.1, 0.15) is 83.1 Å². The highest BCUT2D eigenvalue weighted by Gasteiger charge is 2.43. The van der Waals surface area contributed by atoms with Crippen molar-refractivity contribution in [1.29, 1.82) is 0 Å². The fraction of sp³-hybridized carbons (Fsp3) is 0.432. The van der Waals surface area contributed by atoms with E-state index in [2.05, 4.69) is 15.3 Å². The van der Waals surface area contributed by atoms with Crippen molar-refractivity contribution in [2.75, 3.05) is 13.1 Å². The molecule has 0 aliphatic carbocycles. The minimum Gasteiger partial charge on any atom is -0.445 e. The van der Waals surface area contributed by atoms with Gasteiger partial charge in [-0.15, -0.1) is 11.3 Å². The maximum absolute atomic E-state index is 14.2. The summed E-state index contributed by atoms with van der Waals surface area (Å²) in [7, 11) is 0. The Hall–Kier alpha value is -4.59. The predicted molar refractivity (Wildman–Crippen MR) is 187 cm³/mol. The number of thiazole rings is 1. The quantitative estimate of drug-likeness (QED) is 0.215. The molecule has 5 atom stereocenters. The third kappa shape index (κ3) is 8.06. The normalized spacial score (nSPS) is 20.5. The zero-order valence-electron chi connectivity index (χ0n) is 28.6. The zero-order chi connectivity index (χ0) is 35.6. The lowest BCUT2D eigenvalue weighted by Crippen LogP contribution is -2.54. The molecule has 4 aromatic rings. The summed E-state index contributed by atoms with van der Waals surface area (Å²) in [5.41, 5.74) is 1.88. The van der Waals surface area contributed by atoms with Gasteiger partial charge in [-0.1, -0.05) is 30.3 Å². The molecule has 2 saturated heterocycles. The standard InChI is InChI=1S/C37H43N5O7S/c1-22-21-50-34(39-22)29-11-8-13-41(29)35(46)26-17-24(16-25(18-26)33-38-12-14-48-33)32(45)40-28(15-23-9-6-5-7-10-23)31(44)30-19-27(43)20-42(30)36(47)49-37(2,3)4/h5-7,9-10,12,14,16-18,21,27-31,43-44H,8,11,13,15,19-20H2,1-4H3,(H,40,45)/t27-,28+,29-,30-,31+/m1/s1. The second-order valence-corrected chi connectivity index (χ2v) is 14.9. The minimum atomic E-state index is -1.27. The van der Waals surface area contributed by atoms with E-state index in [9.17, 15) is 24.6 Å². The van der Waals surface area contributed by atoms with Crippen LogP contribution in [0, 0.1) is 6.92 Å². The van der Waals surface area contributed by atoms with Gasteiger partial charge in [-0.25, -0.2) is 14.8 Å². The van der Waals surface area contributed by atoms with E-state index >= 15 is 0 Å². The van der Waals surface area contributed by atoms with E-state index in [1.807, 2.05) is 42.6 Å². The average molecular weight is 702 g/mol. The van der Waals surface area contributed by atoms with Gasteiger partial charge in [0.2, 0.25) is 5.89 Å². The molecule has 2 aliphatic rings. The Balaban J connectivity index is 1.31. The molecule has 0 saturated carbocycles. The van der Waals surface area contributed by atoms with E-state index < -0.39 is 41.9 Å². The number of β-amino-alcohol motifs (C(OH)–C–C–N with tert-alkyl or cyclic N) is 1. The number of rotatable bonds is 9. The highest BCUT2D eigenvalue weighted by atomic mass is 32.1. The van der Waals surface area contributed by atoms with Gasteiger partial charge in [0.15, 0.2) is 0 Å². The molecule has 0 radical (unpaired) electrons. The SMILES string of the molecule is Cc1csc([C@H]2CCCN2C(=O)c2cc(C(=O)N[C@@H](Cc3ccccc3)[C@H](O)[C@H]3C[C@@H](O)CN3C(=O)OC(C)(C)C)cc(-c3ncco3)c2)n1. The van der Waals surface area contributed by atoms with Crippen molar-refractivity contribution in [3.8, 4) is 11.5 Å². The van der Waals surface area contributed by atoms with Crippen LogP contribution in [-0.2, 0) is 11.2 Å². The lowest BCUT2D eigenvalue weighted by atomic mass is 9.94. The Morgan fingerprint density at radius 2 is 1.88 bits per heavy atom. The number of nitrogens with one attached hydrogen (secondary N) is 1. The zero-order valence-corrected chi connectivity index (χ0v) is 29.4. The number of aliphatic hydroxyl groups is 2. The maximum Gasteiger partial charge on any atom is 0.410 e. The molecule has 0 unspecified atom stereocenters. The van der Waals surface area contributed by atoms with Crippen LogP contribution in [0.5, 0.6) is 0 Å². The first-order chi connectivity index (χ1) is 23.9. The fourth-order valence-corrected chi connectivity index (χ4v) is 7.61. The number of aliphatic hydroxyl groups excluding tert-OH is 2. The Morgan fingerprint density at radius 1 is 1.12 bits per heavy atom. The number of hydrogen-bond donors (Lipinski definition) is 3. The summed E-state index contributed by atoms with van der Waals surface area (Å²) in [6.07, 6.45) is 2.07. The lowest BCUT2D eigenvalue weighted by Gasteiger charge is -2.34. The van der Waals surface area contributed by atoms with Gasteiger partial charge in [-0.3, -0.25) is 14.5 Å². The number of carbonyl (C=O) groups is 3. The summed E-state index contributed by atoms with van der Waals surface area (Å²) in [6, 6.07) is 12.3. The molecule has 264 valence electrons. The van der Waals surface area contributed by atoms with E-state index in [-0.39, 0.29) is 42.8 Å². The second kappa shape index (κ2) is 14.7. The van der Waals surface area contributed by atoms with Crippen molar-refractivity contribution in [2.24, 2.45) is 0 Å². The molecule has 2 fully saturated rings. The van der Waals surface area contributed by atoms with Crippen molar-refractivity contribution in [3.63, 3.8) is 0 Å². The molecule has 4 heterocycles. The average Bonchev–Trinajstić information content (AvgIpc) is 3.91. The van der Waals surface area contributed by atoms with Crippen LogP contribution < -0.4 is 5.32 Å². The monoisotopic (exact) mass is 701 g/mol. The summed E-state index contributed by atoms with van der Waals surface area (Å²) in [5, 5.41) is 28.3. The molecule has 3 amide bonds.